The maximum atomic E-state index is 6.24. The summed E-state index contributed by atoms with van der Waals surface area (Å²) in [6.45, 7) is 10.8. The molecular weight excluding hydrogens is 230 g/mol. The summed E-state index contributed by atoms with van der Waals surface area (Å²) >= 11 is 0. The number of nitrogens with two attached hydrogens (primary N) is 1. The Morgan fingerprint density at radius 1 is 1.28 bits per heavy atom. The zero-order valence-corrected chi connectivity index (χ0v) is 12.1. The second-order valence-corrected chi connectivity index (χ2v) is 4.94. The van der Waals surface area contributed by atoms with Crippen LogP contribution in [0.3, 0.4) is 0 Å². The van der Waals surface area contributed by atoms with Gasteiger partial charge in [0.2, 0.25) is 11.7 Å². The van der Waals surface area contributed by atoms with E-state index < -0.39 is 5.54 Å². The first-order valence-corrected chi connectivity index (χ1v) is 6.73. The average Bonchev–Trinajstić information content (AvgIpc) is 2.84. The molecule has 0 spiro atoms. The molecule has 0 amide bonds. The van der Waals surface area contributed by atoms with Gasteiger partial charge in [0, 0.05) is 6.61 Å². The Labute approximate surface area is 109 Å². The van der Waals surface area contributed by atoms with Crippen LogP contribution in [0.2, 0.25) is 0 Å². The molecule has 104 valence electrons. The Bertz CT molecular complexity index is 359. The molecule has 0 aliphatic rings. The van der Waals surface area contributed by atoms with Crippen molar-refractivity contribution in [1.82, 2.24) is 10.1 Å². The van der Waals surface area contributed by atoms with Gasteiger partial charge in [0.15, 0.2) is 0 Å². The first kappa shape index (κ1) is 15.1. The fraction of sp³-hybridized carbons (Fsp3) is 0.846. The molecule has 0 saturated heterocycles. The Hall–Kier alpha value is -0.940. The van der Waals surface area contributed by atoms with Crippen LogP contribution in [-0.4, -0.2) is 16.7 Å². The maximum absolute atomic E-state index is 6.24. The van der Waals surface area contributed by atoms with Crippen molar-refractivity contribution in [3.8, 4) is 0 Å². The highest BCUT2D eigenvalue weighted by molar-refractivity contribution is 5.03. The van der Waals surface area contributed by atoms with Crippen LogP contribution in [0.1, 0.15) is 65.3 Å². The molecule has 0 aromatic carbocycles. The number of nitrogens with zero attached hydrogens (tertiary/aromatic N) is 2. The summed E-state index contributed by atoms with van der Waals surface area (Å²) in [7, 11) is 0. The lowest BCUT2D eigenvalue weighted by Gasteiger charge is -2.21. The summed E-state index contributed by atoms with van der Waals surface area (Å²) in [5.41, 5.74) is 5.72. The van der Waals surface area contributed by atoms with Crippen LogP contribution >= 0.6 is 0 Å². The maximum Gasteiger partial charge on any atom is 0.246 e. The van der Waals surface area contributed by atoms with Crippen molar-refractivity contribution < 1.29 is 9.26 Å². The molecule has 1 rings (SSSR count). The van der Waals surface area contributed by atoms with Gasteiger partial charge < -0.3 is 15.0 Å². The van der Waals surface area contributed by atoms with Crippen LogP contribution in [0.4, 0.5) is 0 Å². The minimum Gasteiger partial charge on any atom is -0.370 e. The van der Waals surface area contributed by atoms with E-state index in [9.17, 15) is 0 Å². The van der Waals surface area contributed by atoms with E-state index in [1.54, 1.807) is 0 Å². The fourth-order valence-electron chi connectivity index (χ4n) is 1.85. The summed E-state index contributed by atoms with van der Waals surface area (Å²) in [5, 5.41) is 4.03. The molecule has 5 nitrogen and oxygen atoms in total. The average molecular weight is 255 g/mol. The molecule has 0 aliphatic carbocycles. The molecule has 0 bridgehead atoms. The molecule has 1 unspecified atom stereocenters. The van der Waals surface area contributed by atoms with Gasteiger partial charge in [0.25, 0.3) is 0 Å². The zero-order valence-electron chi connectivity index (χ0n) is 12.1. The van der Waals surface area contributed by atoms with Gasteiger partial charge in [-0.2, -0.15) is 4.98 Å². The van der Waals surface area contributed by atoms with Crippen LogP contribution in [0.25, 0.3) is 0 Å². The minimum atomic E-state index is -0.529. The summed E-state index contributed by atoms with van der Waals surface area (Å²) in [6, 6.07) is 0. The standard InChI is InChI=1S/C13H25N3O2/c1-6-13(14,7-2)12-15-11(16-18-12)10(9(4)5)17-8-3/h9-10H,6-8,14H2,1-5H3. The first-order valence-electron chi connectivity index (χ1n) is 6.73. The van der Waals surface area contributed by atoms with Gasteiger partial charge >= 0.3 is 0 Å². The van der Waals surface area contributed by atoms with E-state index in [0.717, 1.165) is 12.8 Å². The summed E-state index contributed by atoms with van der Waals surface area (Å²) in [5.74, 6) is 1.40. The van der Waals surface area contributed by atoms with Gasteiger partial charge in [-0.3, -0.25) is 0 Å². The molecule has 2 N–H and O–H groups in total. The van der Waals surface area contributed by atoms with E-state index in [1.165, 1.54) is 0 Å². The Balaban J connectivity index is 2.97. The first-order chi connectivity index (χ1) is 8.48. The quantitative estimate of drug-likeness (QED) is 0.811. The van der Waals surface area contributed by atoms with Crippen molar-refractivity contribution in [3.63, 3.8) is 0 Å². The van der Waals surface area contributed by atoms with E-state index in [2.05, 4.69) is 24.0 Å². The number of hydrogen-bond acceptors (Lipinski definition) is 5. The Morgan fingerprint density at radius 2 is 1.89 bits per heavy atom. The van der Waals surface area contributed by atoms with E-state index >= 15 is 0 Å². The van der Waals surface area contributed by atoms with Crippen molar-refractivity contribution in [2.75, 3.05) is 6.61 Å². The van der Waals surface area contributed by atoms with Crippen molar-refractivity contribution in [2.24, 2.45) is 11.7 Å². The van der Waals surface area contributed by atoms with Gasteiger partial charge in [-0.05, 0) is 25.7 Å². The van der Waals surface area contributed by atoms with Crippen molar-refractivity contribution in [1.29, 1.82) is 0 Å². The monoisotopic (exact) mass is 255 g/mol. The highest BCUT2D eigenvalue weighted by atomic mass is 16.5. The highest BCUT2D eigenvalue weighted by Gasteiger charge is 2.32. The second-order valence-electron chi connectivity index (χ2n) is 4.94. The van der Waals surface area contributed by atoms with Gasteiger partial charge in [-0.15, -0.1) is 0 Å². The lowest BCUT2D eigenvalue weighted by molar-refractivity contribution is 0.0217. The summed E-state index contributed by atoms with van der Waals surface area (Å²) in [4.78, 5) is 4.44. The third-order valence-electron chi connectivity index (χ3n) is 3.34. The molecule has 1 atom stereocenters. The molecule has 18 heavy (non-hydrogen) atoms. The van der Waals surface area contributed by atoms with Gasteiger partial charge in [-0.25, -0.2) is 0 Å². The molecule has 0 saturated carbocycles. The smallest absolute Gasteiger partial charge is 0.246 e. The van der Waals surface area contributed by atoms with Crippen molar-refractivity contribution >= 4 is 0 Å². The van der Waals surface area contributed by atoms with Gasteiger partial charge in [-0.1, -0.05) is 32.9 Å². The predicted octanol–water partition coefficient (Wildman–Crippen LogP) is 2.78. The third-order valence-corrected chi connectivity index (χ3v) is 3.34. The molecule has 0 aliphatic heterocycles. The Kier molecular flexibility index (Phi) is 5.28. The topological polar surface area (TPSA) is 74.2 Å². The SMILES string of the molecule is CCOC(c1noc(C(N)(CC)CC)n1)C(C)C. The van der Waals surface area contributed by atoms with Crippen LogP contribution in [0.15, 0.2) is 4.52 Å². The van der Waals surface area contributed by atoms with Gasteiger partial charge in [0.05, 0.1) is 5.54 Å². The predicted molar refractivity (Wildman–Crippen MR) is 70.0 cm³/mol. The minimum absolute atomic E-state index is 0.134. The van der Waals surface area contributed by atoms with Crippen LogP contribution in [0.5, 0.6) is 0 Å². The summed E-state index contributed by atoms with van der Waals surface area (Å²) in [6.07, 6.45) is 1.41. The number of rotatable bonds is 7. The van der Waals surface area contributed by atoms with E-state index in [-0.39, 0.29) is 6.10 Å². The fourth-order valence-corrected chi connectivity index (χ4v) is 1.85. The van der Waals surface area contributed by atoms with E-state index in [0.29, 0.717) is 24.2 Å². The number of hydrogen-bond donors (Lipinski definition) is 1. The van der Waals surface area contributed by atoms with Crippen molar-refractivity contribution in [3.05, 3.63) is 11.7 Å². The van der Waals surface area contributed by atoms with E-state index in [4.69, 9.17) is 15.0 Å². The van der Waals surface area contributed by atoms with Gasteiger partial charge in [0.1, 0.15) is 6.10 Å². The Morgan fingerprint density at radius 3 is 2.33 bits per heavy atom. The third kappa shape index (κ3) is 3.09. The molecule has 0 fully saturated rings. The number of aromatic nitrogens is 2. The molecule has 1 aromatic heterocycles. The number of ether oxygens (including phenoxy) is 1. The second kappa shape index (κ2) is 6.29. The van der Waals surface area contributed by atoms with Crippen molar-refractivity contribution in [2.45, 2.75) is 59.1 Å². The van der Waals surface area contributed by atoms with E-state index in [1.807, 2.05) is 20.8 Å². The highest BCUT2D eigenvalue weighted by Crippen LogP contribution is 2.28. The zero-order chi connectivity index (χ0) is 13.8. The van der Waals surface area contributed by atoms with Crippen LogP contribution in [0, 0.1) is 5.92 Å². The largest absolute Gasteiger partial charge is 0.370 e. The lowest BCUT2D eigenvalue weighted by atomic mass is 9.94. The molecule has 1 heterocycles. The van der Waals surface area contributed by atoms with Crippen LogP contribution < -0.4 is 5.73 Å². The molecular formula is C13H25N3O2. The lowest BCUT2D eigenvalue weighted by Crippen LogP contribution is -2.35. The molecule has 1 aromatic rings. The van der Waals surface area contributed by atoms with Crippen LogP contribution in [-0.2, 0) is 10.3 Å². The normalized spacial score (nSPS) is 14.2. The molecule has 5 heteroatoms. The molecule has 0 radical (unpaired) electrons. The summed E-state index contributed by atoms with van der Waals surface area (Å²) < 4.78 is 11.0.